The number of fused-ring (bicyclic) bond motifs is 18. The van der Waals surface area contributed by atoms with Crippen molar-refractivity contribution in [2.24, 2.45) is 47.3 Å². The van der Waals surface area contributed by atoms with Crippen LogP contribution in [-0.2, 0) is 21.7 Å². The molecule has 12 heteroatoms. The highest BCUT2D eigenvalue weighted by Crippen LogP contribution is 2.67. The number of aromatic nitrogens is 2. The first-order chi connectivity index (χ1) is 64.3. The Bertz CT molecular complexity index is 6310. The summed E-state index contributed by atoms with van der Waals surface area (Å²) in [4.78, 5) is 0. The van der Waals surface area contributed by atoms with Crippen LogP contribution in [0.5, 0.6) is 11.5 Å². The molecule has 10 aromatic rings. The van der Waals surface area contributed by atoms with E-state index in [0.29, 0.717) is 41.0 Å². The summed E-state index contributed by atoms with van der Waals surface area (Å²) in [5, 5.41) is 5.28. The minimum Gasteiger partial charge on any atom is -0.457 e. The van der Waals surface area contributed by atoms with Crippen molar-refractivity contribution in [1.29, 1.82) is 0 Å². The van der Waals surface area contributed by atoms with Gasteiger partial charge in [0.1, 0.15) is 11.5 Å². The molecule has 2 aromatic heterocycles. The number of allylic oxidation sites excluding steroid dienone is 12. The van der Waals surface area contributed by atoms with Gasteiger partial charge in [-0.15, -0.1) is 0 Å². The van der Waals surface area contributed by atoms with E-state index in [2.05, 4.69) is 456 Å². The summed E-state index contributed by atoms with van der Waals surface area (Å²) < 4.78 is 23.2. The molecule has 4 saturated carbocycles. The lowest BCUT2D eigenvalue weighted by atomic mass is 9.68. The van der Waals surface area contributed by atoms with E-state index in [1.165, 1.54) is 201 Å². The Hall–Kier alpha value is -7.99. The van der Waals surface area contributed by atoms with Gasteiger partial charge in [0.05, 0.1) is 96.6 Å². The molecule has 0 saturated heterocycles. The Labute approximate surface area is 831 Å². The number of rotatable bonds is 20. The maximum absolute atomic E-state index is 6.65. The highest BCUT2D eigenvalue weighted by molar-refractivity contribution is 6.77. The molecule has 0 spiro atoms. The molecule has 9 nitrogen and oxygen atoms in total. The van der Waals surface area contributed by atoms with Crippen molar-refractivity contribution in [3.63, 3.8) is 0 Å². The van der Waals surface area contributed by atoms with Gasteiger partial charge >= 0.3 is 0 Å². The normalized spacial score (nSPS) is 24.5. The molecular weight excluding hydrogens is 1710 g/mol. The average Bonchev–Trinajstić information content (AvgIpc) is 1.54. The summed E-state index contributed by atoms with van der Waals surface area (Å²) in [5.41, 5.74) is 29.8. The molecule has 137 heavy (non-hydrogen) atoms. The van der Waals surface area contributed by atoms with Crippen LogP contribution < -0.4 is 4.74 Å². The smallest absolute Gasteiger partial charge is 0.191 e. The molecule has 20 rings (SSSR count). The second-order valence-electron chi connectivity index (χ2n) is 52.6. The quantitative estimate of drug-likeness (QED) is 0.0432. The van der Waals surface area contributed by atoms with E-state index >= 15 is 0 Å². The van der Waals surface area contributed by atoms with Gasteiger partial charge in [0.2, 0.25) is 0 Å². The van der Waals surface area contributed by atoms with Crippen LogP contribution in [0.4, 0.5) is 0 Å². The van der Waals surface area contributed by atoms with E-state index in [9.17, 15) is 0 Å². The Morgan fingerprint density at radius 3 is 1.20 bits per heavy atom. The first-order valence-electron chi connectivity index (χ1n) is 53.7. The van der Waals surface area contributed by atoms with E-state index in [0.717, 1.165) is 54.2 Å². The summed E-state index contributed by atoms with van der Waals surface area (Å²) in [5.74, 6) is 7.14. The van der Waals surface area contributed by atoms with Gasteiger partial charge < -0.3 is 13.9 Å². The fourth-order valence-corrected chi connectivity index (χ4v) is 50.4. The van der Waals surface area contributed by atoms with E-state index < -0.39 is 24.7 Å². The van der Waals surface area contributed by atoms with Crippen molar-refractivity contribution in [3.8, 4) is 22.9 Å². The number of benzene rings is 8. The lowest BCUT2D eigenvalue weighted by molar-refractivity contribution is -0.978. The van der Waals surface area contributed by atoms with Crippen LogP contribution in [-0.4, -0.2) is 142 Å². The van der Waals surface area contributed by atoms with Crippen molar-refractivity contribution >= 4 is 85.0 Å². The van der Waals surface area contributed by atoms with Gasteiger partial charge in [-0.25, -0.2) is 0 Å². The van der Waals surface area contributed by atoms with Gasteiger partial charge in [-0.2, -0.15) is 14.0 Å². The second-order valence-corrected chi connectivity index (χ2v) is 65.9. The Morgan fingerprint density at radius 2 is 0.781 bits per heavy atom. The summed E-state index contributed by atoms with van der Waals surface area (Å²) in [6.07, 6.45) is 36.4. The number of nitrogens with zero attached hydrogens (tertiary/aromatic N) is 8. The third-order valence-electron chi connectivity index (χ3n) is 35.6. The Kier molecular flexibility index (Phi) is 25.7. The lowest BCUT2D eigenvalue weighted by Crippen LogP contribution is -2.72. The van der Waals surface area contributed by atoms with E-state index in [1.807, 2.05) is 0 Å². The molecule has 0 aliphatic heterocycles. The number of hydrogen-bond acceptors (Lipinski definition) is 4. The number of ether oxygens (including phenoxy) is 1. The lowest BCUT2D eigenvalue weighted by Gasteiger charge is -2.55. The standard InChI is InChI=1S/C46H71N2OSi.C40H52N3Si.C39H50N3Si/c1-12-14-27-46(28-15-13-2)42-31-38(49-37-23-21-35(22-24-37)45(4,5)6)25-26-39(42)41-30-34-29-33(3)44(40(34)32-43(41)46)50(10,11)47(48(7,8)9)36-19-17-16-18-20-36;1-26-22-27-23-33-29-21-20-28(41-36-18-14-12-16-30(36)31-17-13-15-19-37(31)41)24-34(29)40(5,6)35(33)25-32(27)38(26)44(10,11)42(39(2,3)4)43(7,8)9;1-38(2,3)41(42(6,7)8)43(9,10)37-22-19-26-23-32-28-21-20-27(24-33(28)39(4,5)34(32)25-31(26)37)40-35-17-13-11-15-29(35)30-16-12-14-18-36(30)40/h21-26,30-34,36,40,44H,12-20,27-29H2,1-11H3;12-21,23-27,32,38H,22H2,1-11H3;11-18,20-21,23-26,31,37H,19,22H2,1-10H3/q3*+1. The zero-order valence-electron chi connectivity index (χ0n) is 90.7. The predicted octanol–water partition coefficient (Wildman–Crippen LogP) is 32.5. The fraction of sp³-hybridized carbons (Fsp3) is 0.520. The molecule has 11 unspecified atom stereocenters. The molecule has 728 valence electrons. The second kappa shape index (κ2) is 35.6. The molecule has 8 aromatic carbocycles. The van der Waals surface area contributed by atoms with Crippen LogP contribution in [0.25, 0.3) is 71.7 Å². The first kappa shape index (κ1) is 99.2. The largest absolute Gasteiger partial charge is 0.457 e. The Balaban J connectivity index is 0.000000137. The molecule has 0 amide bonds. The molecular formula is C125H173N8OSi3+3. The van der Waals surface area contributed by atoms with Gasteiger partial charge in [0, 0.05) is 55.2 Å². The molecule has 4 fully saturated rings. The van der Waals surface area contributed by atoms with Crippen molar-refractivity contribution in [3.05, 3.63) is 268 Å². The van der Waals surface area contributed by atoms with E-state index in [4.69, 9.17) is 4.74 Å². The molecule has 11 atom stereocenters. The Morgan fingerprint density at radius 1 is 0.394 bits per heavy atom. The highest BCUT2D eigenvalue weighted by Gasteiger charge is 2.62. The topological polar surface area (TPSA) is 28.8 Å². The average molecular weight is 1890 g/mol. The minimum absolute atomic E-state index is 0.0243. The summed E-state index contributed by atoms with van der Waals surface area (Å²) in [6.45, 7) is 57.3. The van der Waals surface area contributed by atoms with E-state index in [-0.39, 0.29) is 32.7 Å². The number of quaternary nitrogens is 3. The summed E-state index contributed by atoms with van der Waals surface area (Å²) >= 11 is 0. The van der Waals surface area contributed by atoms with Crippen molar-refractivity contribution in [1.82, 2.24) is 23.2 Å². The monoisotopic (exact) mass is 1890 g/mol. The van der Waals surface area contributed by atoms with Crippen LogP contribution in [0, 0.1) is 47.3 Å². The van der Waals surface area contributed by atoms with Crippen LogP contribution in [0.3, 0.4) is 0 Å². The number of hydrogen-bond donors (Lipinski definition) is 0. The van der Waals surface area contributed by atoms with Gasteiger partial charge in [-0.3, -0.25) is 13.8 Å². The summed E-state index contributed by atoms with van der Waals surface area (Å²) in [6, 6.07) is 66.6. The van der Waals surface area contributed by atoms with Gasteiger partial charge in [0.25, 0.3) is 0 Å². The maximum Gasteiger partial charge on any atom is 0.191 e. The SMILES string of the molecule is CC1(C)C2=CC3C(C=C2c2ccc(-n4c5ccccc5c5ccccc54)cc21)CCC3[Si](C)(C)N(C(C)(C)C)[N+](C)(C)C.CC1CC2C=C3C(=CC2C1[Si](C)(C)N(C(C)(C)C)[N+](C)(C)C)C(C)(C)c1cc(-n2c4ccccc4c4ccccc42)ccc13.CCCCC1(CCCC)C2=CC3C(C=C2c2ccc(Oc4ccc(C(C)(C)C)cc4)cc21)CC(C)C3[Si](C)(C)N(C1CCCCC1)[N+](C)(C)C. The highest BCUT2D eigenvalue weighted by atomic mass is 28.3. The first-order valence-corrected chi connectivity index (χ1v) is 62.7. The zero-order chi connectivity index (χ0) is 98.3. The molecule has 0 radical (unpaired) electrons. The van der Waals surface area contributed by atoms with Crippen molar-refractivity contribution in [2.45, 2.75) is 309 Å². The van der Waals surface area contributed by atoms with Crippen LogP contribution in [0.15, 0.2) is 229 Å². The molecule has 10 aliphatic rings. The van der Waals surface area contributed by atoms with E-state index in [1.54, 1.807) is 22.3 Å². The third-order valence-corrected chi connectivity index (χ3v) is 50.1. The predicted molar refractivity (Wildman–Crippen MR) is 596 cm³/mol. The minimum atomic E-state index is -1.88. The van der Waals surface area contributed by atoms with Gasteiger partial charge in [-0.1, -0.05) is 306 Å². The third kappa shape index (κ3) is 17.2. The number of unbranched alkanes of at least 4 members (excludes halogenated alkanes) is 2. The van der Waals surface area contributed by atoms with Crippen LogP contribution in [0.1, 0.15) is 253 Å². The van der Waals surface area contributed by atoms with Crippen LogP contribution >= 0.6 is 0 Å². The summed E-state index contributed by atoms with van der Waals surface area (Å²) in [7, 11) is 16.1. The zero-order valence-corrected chi connectivity index (χ0v) is 93.7. The molecule has 0 N–H and O–H groups in total. The van der Waals surface area contributed by atoms with Crippen molar-refractivity contribution in [2.75, 3.05) is 63.4 Å². The molecule has 0 bridgehead atoms. The van der Waals surface area contributed by atoms with Crippen molar-refractivity contribution < 1.29 is 18.5 Å². The number of para-hydroxylation sites is 4. The van der Waals surface area contributed by atoms with Crippen LogP contribution in [0.2, 0.25) is 55.9 Å². The fourth-order valence-electron chi connectivity index (χ4n) is 32.5. The molecule has 2 heterocycles. The van der Waals surface area contributed by atoms with Gasteiger partial charge in [0.15, 0.2) is 24.7 Å². The maximum atomic E-state index is 6.65. The van der Waals surface area contributed by atoms with Gasteiger partial charge in [-0.05, 0) is 301 Å². The molecule has 10 aliphatic carbocycles.